The molecular weight excluding hydrogens is 193 g/mol. The molecule has 0 radical (unpaired) electrons. The van der Waals surface area contributed by atoms with Crippen molar-refractivity contribution in [3.63, 3.8) is 0 Å². The first kappa shape index (κ1) is 9.71. The van der Waals surface area contributed by atoms with Gasteiger partial charge in [0.05, 0.1) is 5.69 Å². The number of nitrogens with two attached hydrogens (primary N) is 1. The van der Waals surface area contributed by atoms with Gasteiger partial charge in [-0.2, -0.15) is 5.10 Å². The van der Waals surface area contributed by atoms with Crippen molar-refractivity contribution in [1.82, 2.24) is 10.2 Å². The molecule has 4 heteroatoms. The fraction of sp³-hybridized carbons (Fsp3) is 0.182. The fourth-order valence-corrected chi connectivity index (χ4v) is 1.54. The van der Waals surface area contributed by atoms with Crippen LogP contribution >= 0.6 is 0 Å². The Kier molecular flexibility index (Phi) is 2.19. The van der Waals surface area contributed by atoms with E-state index in [-0.39, 0.29) is 5.82 Å². The first-order chi connectivity index (χ1) is 7.09. The second-order valence-corrected chi connectivity index (χ2v) is 3.57. The Morgan fingerprint density at radius 3 is 2.67 bits per heavy atom. The zero-order chi connectivity index (χ0) is 11.0. The van der Waals surface area contributed by atoms with Gasteiger partial charge in [-0.05, 0) is 31.5 Å². The van der Waals surface area contributed by atoms with Gasteiger partial charge >= 0.3 is 0 Å². The van der Waals surface area contributed by atoms with Crippen LogP contribution in [0.4, 0.5) is 10.2 Å². The van der Waals surface area contributed by atoms with Gasteiger partial charge in [0.15, 0.2) is 0 Å². The highest BCUT2D eigenvalue weighted by atomic mass is 19.1. The summed E-state index contributed by atoms with van der Waals surface area (Å²) in [5, 5.41) is 6.71. The van der Waals surface area contributed by atoms with E-state index in [4.69, 9.17) is 5.73 Å². The predicted octanol–water partition coefficient (Wildman–Crippen LogP) is 2.41. The summed E-state index contributed by atoms with van der Waals surface area (Å²) < 4.78 is 13.1. The maximum absolute atomic E-state index is 13.1. The van der Waals surface area contributed by atoms with Gasteiger partial charge in [-0.1, -0.05) is 6.07 Å². The minimum atomic E-state index is -0.261. The number of aromatic nitrogens is 2. The largest absolute Gasteiger partial charge is 0.382 e. The second kappa shape index (κ2) is 3.38. The Morgan fingerprint density at radius 1 is 1.33 bits per heavy atom. The molecule has 1 aromatic heterocycles. The zero-order valence-electron chi connectivity index (χ0n) is 8.63. The SMILES string of the molecule is Cc1ccc(F)cc1-c1[nH]nc(N)c1C. The summed E-state index contributed by atoms with van der Waals surface area (Å²) in [6.45, 7) is 3.78. The summed E-state index contributed by atoms with van der Waals surface area (Å²) in [5.41, 5.74) is 9.05. The van der Waals surface area contributed by atoms with Crippen LogP contribution in [-0.2, 0) is 0 Å². The normalized spacial score (nSPS) is 10.6. The van der Waals surface area contributed by atoms with Crippen molar-refractivity contribution in [3.05, 3.63) is 35.1 Å². The van der Waals surface area contributed by atoms with Crippen LogP contribution in [0.3, 0.4) is 0 Å². The number of anilines is 1. The lowest BCUT2D eigenvalue weighted by atomic mass is 10.0. The molecular formula is C11H12FN3. The average Bonchev–Trinajstić information content (AvgIpc) is 2.52. The van der Waals surface area contributed by atoms with Crippen molar-refractivity contribution >= 4 is 5.82 Å². The highest BCUT2D eigenvalue weighted by Gasteiger charge is 2.10. The number of aromatic amines is 1. The smallest absolute Gasteiger partial charge is 0.148 e. The predicted molar refractivity (Wildman–Crippen MR) is 57.9 cm³/mol. The van der Waals surface area contributed by atoms with Crippen LogP contribution in [-0.4, -0.2) is 10.2 Å². The first-order valence-corrected chi connectivity index (χ1v) is 4.66. The van der Waals surface area contributed by atoms with Crippen LogP contribution in [0, 0.1) is 19.7 Å². The van der Waals surface area contributed by atoms with Crippen LogP contribution in [0.1, 0.15) is 11.1 Å². The number of H-pyrrole nitrogens is 1. The number of nitrogens with one attached hydrogen (secondary N) is 1. The molecule has 0 aliphatic carbocycles. The van der Waals surface area contributed by atoms with Crippen LogP contribution < -0.4 is 5.73 Å². The zero-order valence-corrected chi connectivity index (χ0v) is 8.63. The lowest BCUT2D eigenvalue weighted by Gasteiger charge is -2.04. The second-order valence-electron chi connectivity index (χ2n) is 3.57. The van der Waals surface area contributed by atoms with Gasteiger partial charge in [-0.3, -0.25) is 5.10 Å². The number of benzene rings is 1. The molecule has 3 nitrogen and oxygen atoms in total. The number of hydrogen-bond donors (Lipinski definition) is 2. The summed E-state index contributed by atoms with van der Waals surface area (Å²) in [4.78, 5) is 0. The summed E-state index contributed by atoms with van der Waals surface area (Å²) in [6.07, 6.45) is 0. The maximum atomic E-state index is 13.1. The molecule has 1 aromatic carbocycles. The number of rotatable bonds is 1. The number of nitrogens with zero attached hydrogens (tertiary/aromatic N) is 1. The van der Waals surface area contributed by atoms with E-state index in [0.29, 0.717) is 5.82 Å². The Hall–Kier alpha value is -1.84. The Bertz CT molecular complexity index is 503. The van der Waals surface area contributed by atoms with Crippen molar-refractivity contribution < 1.29 is 4.39 Å². The molecule has 78 valence electrons. The summed E-state index contributed by atoms with van der Waals surface area (Å²) in [5.74, 6) is 0.192. The van der Waals surface area contributed by atoms with E-state index >= 15 is 0 Å². The van der Waals surface area contributed by atoms with Crippen LogP contribution in [0.2, 0.25) is 0 Å². The van der Waals surface area contributed by atoms with Gasteiger partial charge in [0.1, 0.15) is 11.6 Å². The molecule has 0 spiro atoms. The molecule has 2 aromatic rings. The van der Waals surface area contributed by atoms with Crippen molar-refractivity contribution in [3.8, 4) is 11.3 Å². The molecule has 0 saturated heterocycles. The quantitative estimate of drug-likeness (QED) is 0.751. The van der Waals surface area contributed by atoms with Gasteiger partial charge in [0.25, 0.3) is 0 Å². The van der Waals surface area contributed by atoms with Crippen molar-refractivity contribution in [1.29, 1.82) is 0 Å². The standard InChI is InChI=1S/C11H12FN3/c1-6-3-4-8(12)5-9(6)10-7(2)11(13)15-14-10/h3-5H,1-2H3,(H3,13,14,15). The van der Waals surface area contributed by atoms with Crippen LogP contribution in [0.25, 0.3) is 11.3 Å². The highest BCUT2D eigenvalue weighted by Crippen LogP contribution is 2.27. The maximum Gasteiger partial charge on any atom is 0.148 e. The third kappa shape index (κ3) is 1.58. The highest BCUT2D eigenvalue weighted by molar-refractivity contribution is 5.70. The number of aryl methyl sites for hydroxylation is 1. The average molecular weight is 205 g/mol. The van der Waals surface area contributed by atoms with E-state index in [1.54, 1.807) is 6.07 Å². The molecule has 1 heterocycles. The van der Waals surface area contributed by atoms with E-state index in [0.717, 1.165) is 22.4 Å². The van der Waals surface area contributed by atoms with E-state index in [2.05, 4.69) is 10.2 Å². The van der Waals surface area contributed by atoms with Gasteiger partial charge in [-0.15, -0.1) is 0 Å². The molecule has 0 unspecified atom stereocenters. The minimum absolute atomic E-state index is 0.261. The van der Waals surface area contributed by atoms with Gasteiger partial charge < -0.3 is 5.73 Å². The lowest BCUT2D eigenvalue weighted by molar-refractivity contribution is 0.628. The van der Waals surface area contributed by atoms with E-state index < -0.39 is 0 Å². The molecule has 3 N–H and O–H groups in total. The van der Waals surface area contributed by atoms with Gasteiger partial charge in [0.2, 0.25) is 0 Å². The number of hydrogen-bond acceptors (Lipinski definition) is 2. The topological polar surface area (TPSA) is 54.7 Å². The molecule has 0 atom stereocenters. The van der Waals surface area contributed by atoms with Crippen molar-refractivity contribution in [2.24, 2.45) is 0 Å². The first-order valence-electron chi connectivity index (χ1n) is 4.66. The van der Waals surface area contributed by atoms with Crippen molar-refractivity contribution in [2.75, 3.05) is 5.73 Å². The molecule has 2 rings (SSSR count). The molecule has 0 aliphatic heterocycles. The Labute approximate surface area is 87.1 Å². The summed E-state index contributed by atoms with van der Waals surface area (Å²) in [6, 6.07) is 4.66. The number of halogens is 1. The third-order valence-electron chi connectivity index (χ3n) is 2.52. The summed E-state index contributed by atoms with van der Waals surface area (Å²) in [7, 11) is 0. The minimum Gasteiger partial charge on any atom is -0.382 e. The fourth-order valence-electron chi connectivity index (χ4n) is 1.54. The van der Waals surface area contributed by atoms with E-state index in [9.17, 15) is 4.39 Å². The molecule has 0 amide bonds. The Balaban J connectivity index is 2.63. The monoisotopic (exact) mass is 205 g/mol. The molecule has 0 fully saturated rings. The molecule has 0 aliphatic rings. The van der Waals surface area contributed by atoms with Crippen LogP contribution in [0.15, 0.2) is 18.2 Å². The summed E-state index contributed by atoms with van der Waals surface area (Å²) >= 11 is 0. The Morgan fingerprint density at radius 2 is 2.07 bits per heavy atom. The van der Waals surface area contributed by atoms with E-state index in [1.165, 1.54) is 12.1 Å². The molecule has 0 bridgehead atoms. The van der Waals surface area contributed by atoms with Crippen molar-refractivity contribution in [2.45, 2.75) is 13.8 Å². The van der Waals surface area contributed by atoms with Gasteiger partial charge in [0, 0.05) is 11.1 Å². The van der Waals surface area contributed by atoms with Crippen LogP contribution in [0.5, 0.6) is 0 Å². The lowest BCUT2D eigenvalue weighted by Crippen LogP contribution is -1.89. The third-order valence-corrected chi connectivity index (χ3v) is 2.52. The van der Waals surface area contributed by atoms with E-state index in [1.807, 2.05) is 13.8 Å². The van der Waals surface area contributed by atoms with Gasteiger partial charge in [-0.25, -0.2) is 4.39 Å². The molecule has 15 heavy (non-hydrogen) atoms. The number of nitrogen functional groups attached to an aromatic ring is 1. The molecule has 0 saturated carbocycles.